The second kappa shape index (κ2) is 8.07. The quantitative estimate of drug-likeness (QED) is 0.581. The van der Waals surface area contributed by atoms with E-state index in [1.54, 1.807) is 25.1 Å². The largest absolute Gasteiger partial charge is 0.416 e. The van der Waals surface area contributed by atoms with E-state index in [2.05, 4.69) is 15.0 Å². The number of carbonyl (C=O) groups is 1. The van der Waals surface area contributed by atoms with Gasteiger partial charge < -0.3 is 5.32 Å². The average Bonchev–Trinajstić information content (AvgIpc) is 3.03. The van der Waals surface area contributed by atoms with Gasteiger partial charge in [0.05, 0.1) is 28.9 Å². The van der Waals surface area contributed by atoms with E-state index in [0.717, 1.165) is 29.7 Å². The maximum atomic E-state index is 12.7. The zero-order chi connectivity index (χ0) is 22.1. The van der Waals surface area contributed by atoms with Gasteiger partial charge >= 0.3 is 6.18 Å². The molecule has 0 fully saturated rings. The number of hydrogen-bond donors (Lipinski definition) is 2. The van der Waals surface area contributed by atoms with Gasteiger partial charge in [-0.1, -0.05) is 24.3 Å². The topological polar surface area (TPSA) is 88.2 Å². The summed E-state index contributed by atoms with van der Waals surface area (Å²) in [5.41, 5.74) is 0.554. The molecule has 1 aromatic heterocycles. The first-order chi connectivity index (χ1) is 13.9. The van der Waals surface area contributed by atoms with Crippen LogP contribution in [0.15, 0.2) is 48.5 Å². The van der Waals surface area contributed by atoms with Crippen LogP contribution in [0.3, 0.4) is 0 Å². The Labute approximate surface area is 174 Å². The van der Waals surface area contributed by atoms with E-state index >= 15 is 0 Å². The number of alkyl halides is 3. The fourth-order valence-electron chi connectivity index (χ4n) is 2.59. The Morgan fingerprint density at radius 1 is 1.03 bits per heavy atom. The molecule has 0 aliphatic heterocycles. The zero-order valence-electron chi connectivity index (χ0n) is 15.7. The van der Waals surface area contributed by atoms with Crippen molar-refractivity contribution in [3.63, 3.8) is 0 Å². The highest BCUT2D eigenvalue weighted by atomic mass is 32.2. The summed E-state index contributed by atoms with van der Waals surface area (Å²) < 4.78 is 63.5. The van der Waals surface area contributed by atoms with Gasteiger partial charge in [0.25, 0.3) is 5.91 Å². The highest BCUT2D eigenvalue weighted by Gasteiger charge is 2.30. The molecule has 2 aromatic carbocycles. The first kappa shape index (κ1) is 21.8. The number of aromatic nitrogens is 1. The molecule has 0 bridgehead atoms. The van der Waals surface area contributed by atoms with E-state index in [1.165, 1.54) is 18.2 Å². The summed E-state index contributed by atoms with van der Waals surface area (Å²) in [7, 11) is -3.55. The molecule has 11 heteroatoms. The van der Waals surface area contributed by atoms with Crippen LogP contribution in [0, 0.1) is 6.92 Å². The number of nitrogens with one attached hydrogen (secondary N) is 2. The first-order valence-corrected chi connectivity index (χ1v) is 11.2. The molecule has 158 valence electrons. The lowest BCUT2D eigenvalue weighted by atomic mass is 10.1. The molecular formula is C19H16F3N3O3S2. The third-order valence-electron chi connectivity index (χ3n) is 3.93. The minimum Gasteiger partial charge on any atom is -0.319 e. The van der Waals surface area contributed by atoms with E-state index in [-0.39, 0.29) is 16.3 Å². The Hall–Kier alpha value is -2.92. The summed E-state index contributed by atoms with van der Waals surface area (Å²) in [6.45, 7) is 1.61. The fourth-order valence-corrected chi connectivity index (χ4v) is 4.14. The van der Waals surface area contributed by atoms with Crippen LogP contribution in [-0.2, 0) is 16.2 Å². The number of nitrogens with zero attached hydrogens (tertiary/aromatic N) is 1. The number of para-hydroxylation sites is 2. The SMILES string of the molecule is Cc1nc(-c2ccc(C(F)(F)F)cc2)sc1C(=O)Nc1ccccc1NS(C)(=O)=O. The van der Waals surface area contributed by atoms with Crippen LogP contribution in [-0.4, -0.2) is 25.6 Å². The number of halogens is 3. The molecule has 0 spiro atoms. The van der Waals surface area contributed by atoms with E-state index in [9.17, 15) is 26.4 Å². The van der Waals surface area contributed by atoms with Crippen molar-refractivity contribution in [1.29, 1.82) is 0 Å². The maximum absolute atomic E-state index is 12.7. The van der Waals surface area contributed by atoms with Crippen molar-refractivity contribution in [2.75, 3.05) is 16.3 Å². The van der Waals surface area contributed by atoms with Crippen LogP contribution >= 0.6 is 11.3 Å². The fraction of sp³-hybridized carbons (Fsp3) is 0.158. The van der Waals surface area contributed by atoms with E-state index in [1.807, 2.05) is 0 Å². The molecule has 3 rings (SSSR count). The smallest absolute Gasteiger partial charge is 0.319 e. The first-order valence-electron chi connectivity index (χ1n) is 8.47. The molecule has 0 aliphatic rings. The summed E-state index contributed by atoms with van der Waals surface area (Å²) in [6.07, 6.45) is -3.44. The molecule has 0 radical (unpaired) electrons. The number of anilines is 2. The molecule has 0 aliphatic carbocycles. The lowest BCUT2D eigenvalue weighted by Crippen LogP contribution is -2.15. The van der Waals surface area contributed by atoms with Crippen molar-refractivity contribution in [2.24, 2.45) is 0 Å². The minimum absolute atomic E-state index is 0.207. The van der Waals surface area contributed by atoms with Gasteiger partial charge in [0.2, 0.25) is 10.0 Å². The van der Waals surface area contributed by atoms with E-state index in [0.29, 0.717) is 16.3 Å². The molecule has 0 atom stereocenters. The van der Waals surface area contributed by atoms with Crippen molar-refractivity contribution in [3.05, 3.63) is 64.7 Å². The predicted molar refractivity (Wildman–Crippen MR) is 110 cm³/mol. The van der Waals surface area contributed by atoms with Crippen molar-refractivity contribution in [3.8, 4) is 10.6 Å². The zero-order valence-corrected chi connectivity index (χ0v) is 17.4. The van der Waals surface area contributed by atoms with Crippen molar-refractivity contribution >= 4 is 38.6 Å². The highest BCUT2D eigenvalue weighted by molar-refractivity contribution is 7.92. The Bertz CT molecular complexity index is 1190. The number of amides is 1. The Morgan fingerprint density at radius 3 is 2.20 bits per heavy atom. The van der Waals surface area contributed by atoms with Gasteiger partial charge in [0.15, 0.2) is 0 Å². The van der Waals surface area contributed by atoms with Crippen LogP contribution in [0.2, 0.25) is 0 Å². The lowest BCUT2D eigenvalue weighted by molar-refractivity contribution is -0.137. The Kier molecular flexibility index (Phi) is 5.86. The maximum Gasteiger partial charge on any atom is 0.416 e. The minimum atomic E-state index is -4.43. The monoisotopic (exact) mass is 455 g/mol. The summed E-state index contributed by atoms with van der Waals surface area (Å²) in [4.78, 5) is 17.3. The van der Waals surface area contributed by atoms with Gasteiger partial charge in [0, 0.05) is 5.56 Å². The third kappa shape index (κ3) is 5.16. The third-order valence-corrected chi connectivity index (χ3v) is 5.73. The molecular weight excluding hydrogens is 439 g/mol. The average molecular weight is 455 g/mol. The molecule has 2 N–H and O–H groups in total. The van der Waals surface area contributed by atoms with Crippen LogP contribution in [0.25, 0.3) is 10.6 Å². The summed E-state index contributed by atoms with van der Waals surface area (Å²) in [5.74, 6) is -0.508. The summed E-state index contributed by atoms with van der Waals surface area (Å²) in [6, 6.07) is 10.8. The van der Waals surface area contributed by atoms with Gasteiger partial charge in [-0.2, -0.15) is 13.2 Å². The van der Waals surface area contributed by atoms with Crippen LogP contribution in [0.5, 0.6) is 0 Å². The van der Waals surface area contributed by atoms with Crippen molar-refractivity contribution in [1.82, 2.24) is 4.98 Å². The molecule has 1 amide bonds. The number of sulfonamides is 1. The van der Waals surface area contributed by atoms with Crippen LogP contribution < -0.4 is 10.0 Å². The normalized spacial score (nSPS) is 11.9. The van der Waals surface area contributed by atoms with Crippen molar-refractivity contribution < 1.29 is 26.4 Å². The highest BCUT2D eigenvalue weighted by Crippen LogP contribution is 2.33. The second-order valence-electron chi connectivity index (χ2n) is 6.38. The van der Waals surface area contributed by atoms with E-state index in [4.69, 9.17) is 0 Å². The van der Waals surface area contributed by atoms with E-state index < -0.39 is 27.7 Å². The molecule has 3 aromatic rings. The predicted octanol–water partition coefficient (Wildman–Crippen LogP) is 4.76. The van der Waals surface area contributed by atoms with Gasteiger partial charge in [0.1, 0.15) is 9.88 Å². The molecule has 0 unspecified atom stereocenters. The van der Waals surface area contributed by atoms with Crippen LogP contribution in [0.1, 0.15) is 20.9 Å². The lowest BCUT2D eigenvalue weighted by Gasteiger charge is -2.11. The number of carbonyl (C=O) groups excluding carboxylic acids is 1. The van der Waals surface area contributed by atoms with Crippen molar-refractivity contribution in [2.45, 2.75) is 13.1 Å². The number of hydrogen-bond acceptors (Lipinski definition) is 5. The molecule has 0 saturated heterocycles. The summed E-state index contributed by atoms with van der Waals surface area (Å²) >= 11 is 1.03. The number of aryl methyl sites for hydroxylation is 1. The van der Waals surface area contributed by atoms with Crippen LogP contribution in [0.4, 0.5) is 24.5 Å². The number of benzene rings is 2. The number of thiazole rings is 1. The summed E-state index contributed by atoms with van der Waals surface area (Å²) in [5, 5.41) is 3.04. The molecule has 0 saturated carbocycles. The Balaban J connectivity index is 1.85. The standard InChI is InChI=1S/C19H16F3N3O3S2/c1-11-16(17(26)24-14-5-3-4-6-15(14)25-30(2,27)28)29-18(23-11)12-7-9-13(10-8-12)19(20,21)22/h3-10,25H,1-2H3,(H,24,26). The van der Waals surface area contributed by atoms with Gasteiger partial charge in [-0.05, 0) is 31.2 Å². The van der Waals surface area contributed by atoms with Gasteiger partial charge in [-0.3, -0.25) is 9.52 Å². The van der Waals surface area contributed by atoms with Gasteiger partial charge in [-0.25, -0.2) is 13.4 Å². The van der Waals surface area contributed by atoms with Gasteiger partial charge in [-0.15, -0.1) is 11.3 Å². The second-order valence-corrected chi connectivity index (χ2v) is 9.13. The molecule has 1 heterocycles. The molecule has 30 heavy (non-hydrogen) atoms. The number of rotatable bonds is 5. The Morgan fingerprint density at radius 2 is 1.63 bits per heavy atom. The molecule has 6 nitrogen and oxygen atoms in total.